The number of hydrogen-bond donors (Lipinski definition) is 1. The van der Waals surface area contributed by atoms with Crippen molar-refractivity contribution in [1.82, 2.24) is 9.97 Å². The zero-order chi connectivity index (χ0) is 20.1. The molecule has 1 aromatic heterocycles. The first-order valence-corrected chi connectivity index (χ1v) is 10.8. The first-order valence-electron chi connectivity index (χ1n) is 10.8. The van der Waals surface area contributed by atoms with E-state index >= 15 is 0 Å². The normalized spacial score (nSPS) is 23.8. The summed E-state index contributed by atoms with van der Waals surface area (Å²) >= 11 is 0. The highest BCUT2D eigenvalue weighted by molar-refractivity contribution is 5.69. The number of nitrogens with one attached hydrogen (secondary N) is 1. The molecule has 0 spiro atoms. The molecule has 0 amide bonds. The highest BCUT2D eigenvalue weighted by atomic mass is 15.1. The van der Waals surface area contributed by atoms with Crippen LogP contribution in [-0.2, 0) is 11.8 Å². The van der Waals surface area contributed by atoms with Gasteiger partial charge in [-0.05, 0) is 36.2 Å². The maximum absolute atomic E-state index is 5.10. The summed E-state index contributed by atoms with van der Waals surface area (Å²) in [7, 11) is 0. The fourth-order valence-electron chi connectivity index (χ4n) is 5.51. The molecule has 3 nitrogen and oxygen atoms in total. The lowest BCUT2D eigenvalue weighted by atomic mass is 9.70. The number of aromatic nitrogens is 2. The van der Waals surface area contributed by atoms with E-state index in [4.69, 9.17) is 9.97 Å². The number of benzene rings is 2. The molecule has 0 saturated heterocycles. The Bertz CT molecular complexity index is 1030. The number of anilines is 1. The van der Waals surface area contributed by atoms with Crippen molar-refractivity contribution in [3.63, 3.8) is 0 Å². The van der Waals surface area contributed by atoms with Gasteiger partial charge in [-0.2, -0.15) is 0 Å². The molecule has 29 heavy (non-hydrogen) atoms. The standard InChI is InChI=1S/C26H29N3/c1-25(2)20-14-16-26(25,3)23-21(20)22(19-12-8-5-9-13-19)28-24(29-23)27-17-15-18-10-6-4-7-11-18/h4-13,20H,14-17H2,1-3H3,(H,27,28,29). The van der Waals surface area contributed by atoms with Crippen molar-refractivity contribution >= 4 is 5.95 Å². The minimum atomic E-state index is 0.120. The minimum Gasteiger partial charge on any atom is -0.354 e. The number of hydrogen-bond acceptors (Lipinski definition) is 3. The van der Waals surface area contributed by atoms with E-state index in [1.54, 1.807) is 0 Å². The molecule has 1 fully saturated rings. The van der Waals surface area contributed by atoms with Crippen molar-refractivity contribution in [1.29, 1.82) is 0 Å². The number of nitrogens with zero attached hydrogens (tertiary/aromatic N) is 2. The van der Waals surface area contributed by atoms with Crippen LogP contribution in [0.4, 0.5) is 5.95 Å². The lowest BCUT2D eigenvalue weighted by Crippen LogP contribution is -2.32. The van der Waals surface area contributed by atoms with Crippen molar-refractivity contribution in [3.8, 4) is 11.3 Å². The van der Waals surface area contributed by atoms with E-state index in [0.29, 0.717) is 5.92 Å². The van der Waals surface area contributed by atoms with E-state index in [2.05, 4.69) is 86.8 Å². The molecule has 1 heterocycles. The Balaban J connectivity index is 1.53. The van der Waals surface area contributed by atoms with E-state index in [-0.39, 0.29) is 10.8 Å². The van der Waals surface area contributed by atoms with Gasteiger partial charge in [0.1, 0.15) is 0 Å². The van der Waals surface area contributed by atoms with Gasteiger partial charge < -0.3 is 5.32 Å². The average molecular weight is 384 g/mol. The van der Waals surface area contributed by atoms with Gasteiger partial charge in [-0.25, -0.2) is 9.97 Å². The smallest absolute Gasteiger partial charge is 0.223 e. The zero-order valence-electron chi connectivity index (χ0n) is 17.6. The van der Waals surface area contributed by atoms with Gasteiger partial charge in [0, 0.05) is 23.1 Å². The number of fused-ring (bicyclic) bond motifs is 5. The van der Waals surface area contributed by atoms with Crippen LogP contribution in [0.1, 0.15) is 56.4 Å². The second-order valence-corrected chi connectivity index (χ2v) is 9.33. The molecule has 2 bridgehead atoms. The number of rotatable bonds is 5. The summed E-state index contributed by atoms with van der Waals surface area (Å²) in [6.07, 6.45) is 3.42. The van der Waals surface area contributed by atoms with Crippen LogP contribution in [0.25, 0.3) is 11.3 Å². The van der Waals surface area contributed by atoms with Gasteiger partial charge >= 0.3 is 0 Å². The third-order valence-electron chi connectivity index (χ3n) is 7.63. The van der Waals surface area contributed by atoms with E-state index in [1.807, 2.05) is 0 Å². The molecule has 1 N–H and O–H groups in total. The maximum atomic E-state index is 5.10. The van der Waals surface area contributed by atoms with Crippen LogP contribution in [0.3, 0.4) is 0 Å². The largest absolute Gasteiger partial charge is 0.354 e. The van der Waals surface area contributed by atoms with Gasteiger partial charge in [0.15, 0.2) is 0 Å². The molecule has 2 aromatic carbocycles. The maximum Gasteiger partial charge on any atom is 0.223 e. The quantitative estimate of drug-likeness (QED) is 0.589. The fraction of sp³-hybridized carbons (Fsp3) is 0.385. The Morgan fingerprint density at radius 2 is 1.62 bits per heavy atom. The second kappa shape index (κ2) is 6.69. The Kier molecular flexibility index (Phi) is 4.23. The van der Waals surface area contributed by atoms with Gasteiger partial charge in [-0.3, -0.25) is 0 Å². The molecule has 2 aliphatic carbocycles. The van der Waals surface area contributed by atoms with Crippen LogP contribution in [-0.4, -0.2) is 16.5 Å². The van der Waals surface area contributed by atoms with Crippen LogP contribution in [0.2, 0.25) is 0 Å². The molecule has 2 unspecified atom stereocenters. The predicted octanol–water partition coefficient (Wildman–Crippen LogP) is 5.97. The molecule has 148 valence electrons. The average Bonchev–Trinajstić information content (AvgIpc) is 3.07. The molecular formula is C26H29N3. The van der Waals surface area contributed by atoms with Gasteiger partial charge in [0.25, 0.3) is 0 Å². The van der Waals surface area contributed by atoms with Crippen LogP contribution >= 0.6 is 0 Å². The van der Waals surface area contributed by atoms with E-state index in [0.717, 1.165) is 24.6 Å². The van der Waals surface area contributed by atoms with E-state index < -0.39 is 0 Å². The van der Waals surface area contributed by atoms with E-state index in [9.17, 15) is 0 Å². The third kappa shape index (κ3) is 2.78. The lowest BCUT2D eigenvalue weighted by Gasteiger charge is -2.34. The van der Waals surface area contributed by atoms with Crippen molar-refractivity contribution in [2.45, 2.75) is 51.4 Å². The topological polar surface area (TPSA) is 37.8 Å². The van der Waals surface area contributed by atoms with Crippen molar-refractivity contribution in [2.24, 2.45) is 5.41 Å². The Morgan fingerprint density at radius 1 is 0.931 bits per heavy atom. The SMILES string of the molecule is CC12CCC(c3c(-c4ccccc4)nc(NCCc4ccccc4)nc31)C2(C)C. The van der Waals surface area contributed by atoms with Gasteiger partial charge in [-0.15, -0.1) is 0 Å². The van der Waals surface area contributed by atoms with Crippen LogP contribution < -0.4 is 5.32 Å². The van der Waals surface area contributed by atoms with Crippen LogP contribution in [0.15, 0.2) is 60.7 Å². The van der Waals surface area contributed by atoms with Crippen molar-refractivity contribution in [2.75, 3.05) is 11.9 Å². The summed E-state index contributed by atoms with van der Waals surface area (Å²) < 4.78 is 0. The summed E-state index contributed by atoms with van der Waals surface area (Å²) in [6, 6.07) is 21.2. The predicted molar refractivity (Wildman–Crippen MR) is 119 cm³/mol. The summed E-state index contributed by atoms with van der Waals surface area (Å²) in [5.74, 6) is 1.30. The van der Waals surface area contributed by atoms with Crippen molar-refractivity contribution in [3.05, 3.63) is 77.5 Å². The fourth-order valence-corrected chi connectivity index (χ4v) is 5.51. The van der Waals surface area contributed by atoms with Gasteiger partial charge in [-0.1, -0.05) is 81.4 Å². The van der Waals surface area contributed by atoms with Crippen LogP contribution in [0.5, 0.6) is 0 Å². The third-order valence-corrected chi connectivity index (χ3v) is 7.63. The Hall–Kier alpha value is -2.68. The molecule has 2 atom stereocenters. The van der Waals surface area contributed by atoms with Crippen LogP contribution in [0, 0.1) is 5.41 Å². The lowest BCUT2D eigenvalue weighted by molar-refractivity contribution is 0.227. The molecule has 0 radical (unpaired) electrons. The molecule has 1 saturated carbocycles. The molecule has 2 aliphatic rings. The van der Waals surface area contributed by atoms with Gasteiger partial charge in [0.05, 0.1) is 11.4 Å². The highest BCUT2D eigenvalue weighted by Crippen LogP contribution is 2.68. The molecule has 0 aliphatic heterocycles. The van der Waals surface area contributed by atoms with Gasteiger partial charge in [0.2, 0.25) is 5.95 Å². The molecule has 5 rings (SSSR count). The first-order chi connectivity index (χ1) is 14.0. The monoisotopic (exact) mass is 383 g/mol. The Labute approximate surface area is 173 Å². The second-order valence-electron chi connectivity index (χ2n) is 9.33. The summed E-state index contributed by atoms with van der Waals surface area (Å²) in [5.41, 5.74) is 6.66. The Morgan fingerprint density at radius 3 is 2.34 bits per heavy atom. The first kappa shape index (κ1) is 18.4. The summed E-state index contributed by atoms with van der Waals surface area (Å²) in [4.78, 5) is 10.1. The zero-order valence-corrected chi connectivity index (χ0v) is 17.6. The molecule has 3 heteroatoms. The van der Waals surface area contributed by atoms with E-state index in [1.165, 1.54) is 35.2 Å². The highest BCUT2D eigenvalue weighted by Gasteiger charge is 2.61. The summed E-state index contributed by atoms with van der Waals surface area (Å²) in [5, 5.41) is 3.51. The molecular weight excluding hydrogens is 354 g/mol. The molecule has 3 aromatic rings. The minimum absolute atomic E-state index is 0.120. The van der Waals surface area contributed by atoms with Crippen molar-refractivity contribution < 1.29 is 0 Å². The summed E-state index contributed by atoms with van der Waals surface area (Å²) in [6.45, 7) is 8.09.